The molecular weight excluding hydrogens is 214 g/mol. The minimum absolute atomic E-state index is 0.564. The summed E-state index contributed by atoms with van der Waals surface area (Å²) < 4.78 is 5.75. The first kappa shape index (κ1) is 13.3. The molecule has 0 atom stereocenters. The summed E-state index contributed by atoms with van der Waals surface area (Å²) in [6.07, 6.45) is 8.74. The molecule has 1 rings (SSSR count). The number of hydrogen-bond acceptors (Lipinski definition) is 4. The molecule has 0 bridgehead atoms. The number of terminal acetylenes is 1. The molecule has 0 aromatic carbocycles. The van der Waals surface area contributed by atoms with Gasteiger partial charge in [0.05, 0.1) is 5.56 Å². The van der Waals surface area contributed by atoms with Crippen molar-refractivity contribution >= 4 is 5.82 Å². The van der Waals surface area contributed by atoms with E-state index in [4.69, 9.17) is 11.2 Å². The molecule has 0 fully saturated rings. The lowest BCUT2D eigenvalue weighted by molar-refractivity contribution is 0.162. The molecule has 0 aliphatic rings. The van der Waals surface area contributed by atoms with Crippen molar-refractivity contribution in [2.45, 2.75) is 39.2 Å². The van der Waals surface area contributed by atoms with Crippen molar-refractivity contribution in [1.29, 1.82) is 0 Å². The fourth-order valence-electron chi connectivity index (χ4n) is 1.45. The van der Waals surface area contributed by atoms with Crippen LogP contribution in [0.4, 0.5) is 5.82 Å². The molecule has 1 heterocycles. The molecule has 0 aliphatic carbocycles. The van der Waals surface area contributed by atoms with Crippen LogP contribution >= 0.6 is 0 Å². The van der Waals surface area contributed by atoms with Crippen LogP contribution < -0.4 is 10.1 Å². The first-order chi connectivity index (χ1) is 8.04. The lowest BCUT2D eigenvalue weighted by Crippen LogP contribution is -2.27. The van der Waals surface area contributed by atoms with Crippen LogP contribution in [0.1, 0.15) is 32.8 Å². The Morgan fingerprint density at radius 3 is 2.71 bits per heavy atom. The van der Waals surface area contributed by atoms with Crippen molar-refractivity contribution in [3.8, 4) is 18.2 Å². The van der Waals surface area contributed by atoms with Crippen LogP contribution in [0.15, 0.2) is 6.33 Å². The number of nitrogens with one attached hydrogen (secondary N) is 1. The van der Waals surface area contributed by atoms with Crippen LogP contribution in [0.3, 0.4) is 0 Å². The van der Waals surface area contributed by atoms with Gasteiger partial charge in [0, 0.05) is 7.05 Å². The molecule has 1 aromatic rings. The molecule has 0 aliphatic heterocycles. The molecule has 0 unspecified atom stereocenters. The molecule has 4 nitrogen and oxygen atoms in total. The quantitative estimate of drug-likeness (QED) is 0.792. The topological polar surface area (TPSA) is 47.0 Å². The van der Waals surface area contributed by atoms with Crippen LogP contribution in [0, 0.1) is 12.3 Å². The SMILES string of the molecule is C#CC(C)(C)Oc1ncnc(NC)c1CCC. The summed E-state index contributed by atoms with van der Waals surface area (Å²) in [5, 5.41) is 3.04. The van der Waals surface area contributed by atoms with E-state index in [0.29, 0.717) is 5.88 Å². The summed E-state index contributed by atoms with van der Waals surface area (Å²) in [5.74, 6) is 3.95. The van der Waals surface area contributed by atoms with Gasteiger partial charge in [-0.1, -0.05) is 19.3 Å². The lowest BCUT2D eigenvalue weighted by atomic mass is 10.1. The average Bonchev–Trinajstić information content (AvgIpc) is 2.31. The summed E-state index contributed by atoms with van der Waals surface area (Å²) in [6.45, 7) is 5.77. The van der Waals surface area contributed by atoms with Crippen molar-refractivity contribution in [2.24, 2.45) is 0 Å². The van der Waals surface area contributed by atoms with Crippen molar-refractivity contribution in [2.75, 3.05) is 12.4 Å². The lowest BCUT2D eigenvalue weighted by Gasteiger charge is -2.21. The second-order valence-corrected chi connectivity index (χ2v) is 4.26. The number of nitrogens with zero attached hydrogens (tertiary/aromatic N) is 2. The fraction of sp³-hybridized carbons (Fsp3) is 0.538. The van der Waals surface area contributed by atoms with Crippen LogP contribution in [-0.4, -0.2) is 22.6 Å². The Bertz CT molecular complexity index is 421. The maximum atomic E-state index is 5.75. The highest BCUT2D eigenvalue weighted by Gasteiger charge is 2.20. The standard InChI is InChI=1S/C13H19N3O/c1-6-8-10-11(14-5)15-9-16-12(10)17-13(3,4)7-2/h2,9H,6,8H2,1,3-5H3,(H,14,15,16). The maximum absolute atomic E-state index is 5.75. The van der Waals surface area contributed by atoms with Crippen LogP contribution in [-0.2, 0) is 6.42 Å². The minimum atomic E-state index is -0.665. The summed E-state index contributed by atoms with van der Waals surface area (Å²) in [5.41, 5.74) is 0.308. The van der Waals surface area contributed by atoms with Gasteiger partial charge in [0.25, 0.3) is 0 Å². The number of aromatic nitrogens is 2. The van der Waals surface area contributed by atoms with Crippen molar-refractivity contribution in [3.05, 3.63) is 11.9 Å². The van der Waals surface area contributed by atoms with E-state index >= 15 is 0 Å². The number of hydrogen-bond donors (Lipinski definition) is 1. The van der Waals surface area contributed by atoms with Gasteiger partial charge in [-0.2, -0.15) is 0 Å². The molecule has 1 N–H and O–H groups in total. The normalized spacial score (nSPS) is 10.8. The van der Waals surface area contributed by atoms with Gasteiger partial charge < -0.3 is 10.1 Å². The van der Waals surface area contributed by atoms with E-state index in [2.05, 4.69) is 28.1 Å². The Balaban J connectivity index is 3.10. The van der Waals surface area contributed by atoms with Crippen molar-refractivity contribution in [1.82, 2.24) is 9.97 Å². The Labute approximate surface area is 103 Å². The van der Waals surface area contributed by atoms with Gasteiger partial charge in [-0.05, 0) is 20.3 Å². The first-order valence-electron chi connectivity index (χ1n) is 5.72. The zero-order valence-electron chi connectivity index (χ0n) is 10.9. The van der Waals surface area contributed by atoms with E-state index in [1.165, 1.54) is 6.33 Å². The zero-order valence-corrected chi connectivity index (χ0v) is 10.9. The smallest absolute Gasteiger partial charge is 0.223 e. The Kier molecular flexibility index (Phi) is 4.33. The van der Waals surface area contributed by atoms with Gasteiger partial charge in [-0.3, -0.25) is 0 Å². The molecule has 1 aromatic heterocycles. The largest absolute Gasteiger partial charge is 0.458 e. The summed E-state index contributed by atoms with van der Waals surface area (Å²) in [6, 6.07) is 0. The van der Waals surface area contributed by atoms with Gasteiger partial charge in [-0.15, -0.1) is 6.42 Å². The molecule has 0 saturated heterocycles. The molecular formula is C13H19N3O. The predicted molar refractivity (Wildman–Crippen MR) is 69.1 cm³/mol. The van der Waals surface area contributed by atoms with E-state index in [-0.39, 0.29) is 0 Å². The number of ether oxygens (including phenoxy) is 1. The van der Waals surface area contributed by atoms with Gasteiger partial charge in [0.2, 0.25) is 5.88 Å². The fourth-order valence-corrected chi connectivity index (χ4v) is 1.45. The molecule has 4 heteroatoms. The van der Waals surface area contributed by atoms with E-state index in [1.807, 2.05) is 20.9 Å². The summed E-state index contributed by atoms with van der Waals surface area (Å²) in [4.78, 5) is 8.35. The third kappa shape index (κ3) is 3.35. The Morgan fingerprint density at radius 2 is 2.18 bits per heavy atom. The van der Waals surface area contributed by atoms with E-state index < -0.39 is 5.60 Å². The van der Waals surface area contributed by atoms with E-state index in [1.54, 1.807) is 0 Å². The molecule has 0 saturated carbocycles. The molecule has 0 amide bonds. The van der Waals surface area contributed by atoms with E-state index in [0.717, 1.165) is 24.2 Å². The van der Waals surface area contributed by atoms with Gasteiger partial charge >= 0.3 is 0 Å². The van der Waals surface area contributed by atoms with Crippen LogP contribution in [0.2, 0.25) is 0 Å². The Hall–Kier alpha value is -1.76. The number of anilines is 1. The third-order valence-electron chi connectivity index (χ3n) is 2.34. The highest BCUT2D eigenvalue weighted by molar-refractivity contribution is 5.48. The Morgan fingerprint density at radius 1 is 1.47 bits per heavy atom. The predicted octanol–water partition coefficient (Wildman–Crippen LogP) is 2.26. The minimum Gasteiger partial charge on any atom is -0.458 e. The third-order valence-corrected chi connectivity index (χ3v) is 2.34. The van der Waals surface area contributed by atoms with E-state index in [9.17, 15) is 0 Å². The second-order valence-electron chi connectivity index (χ2n) is 4.26. The second kappa shape index (κ2) is 5.53. The molecule has 17 heavy (non-hydrogen) atoms. The van der Waals surface area contributed by atoms with Crippen LogP contribution in [0.5, 0.6) is 5.88 Å². The van der Waals surface area contributed by atoms with Crippen molar-refractivity contribution < 1.29 is 4.74 Å². The zero-order chi connectivity index (χ0) is 12.9. The maximum Gasteiger partial charge on any atom is 0.223 e. The monoisotopic (exact) mass is 233 g/mol. The van der Waals surface area contributed by atoms with Gasteiger partial charge in [0.1, 0.15) is 12.1 Å². The first-order valence-corrected chi connectivity index (χ1v) is 5.72. The summed E-state index contributed by atoms with van der Waals surface area (Å²) >= 11 is 0. The molecule has 0 radical (unpaired) electrons. The molecule has 0 spiro atoms. The van der Waals surface area contributed by atoms with Gasteiger partial charge in [0.15, 0.2) is 5.60 Å². The van der Waals surface area contributed by atoms with Crippen LogP contribution in [0.25, 0.3) is 0 Å². The average molecular weight is 233 g/mol. The highest BCUT2D eigenvalue weighted by Crippen LogP contribution is 2.26. The molecule has 92 valence electrons. The van der Waals surface area contributed by atoms with Crippen molar-refractivity contribution in [3.63, 3.8) is 0 Å². The highest BCUT2D eigenvalue weighted by atomic mass is 16.5. The van der Waals surface area contributed by atoms with Gasteiger partial charge in [-0.25, -0.2) is 9.97 Å². The number of rotatable bonds is 5. The summed E-state index contributed by atoms with van der Waals surface area (Å²) in [7, 11) is 1.83.